The second kappa shape index (κ2) is 7.51. The third-order valence-electron chi connectivity index (χ3n) is 4.91. The molecule has 4 rings (SSSR count). The highest BCUT2D eigenvalue weighted by atomic mass is 19.1. The molecule has 6 nitrogen and oxygen atoms in total. The van der Waals surface area contributed by atoms with Crippen LogP contribution in [0, 0.1) is 12.7 Å². The molecule has 0 amide bonds. The highest BCUT2D eigenvalue weighted by molar-refractivity contribution is 6.19. The first-order valence-corrected chi connectivity index (χ1v) is 9.23. The molecule has 0 saturated heterocycles. The molecule has 0 atom stereocenters. The fourth-order valence-corrected chi connectivity index (χ4v) is 3.78. The van der Waals surface area contributed by atoms with Crippen molar-refractivity contribution >= 4 is 33.7 Å². The van der Waals surface area contributed by atoms with Crippen molar-refractivity contribution in [2.24, 2.45) is 0 Å². The SMILES string of the molecule is Cc1cc(OCC(=O)O)c2c3c(C(=O)O)cccc3n(Cc3cccc(F)c3)c2c1. The van der Waals surface area contributed by atoms with Gasteiger partial charge in [0.05, 0.1) is 22.0 Å². The Balaban J connectivity index is 2.06. The maximum atomic E-state index is 13.7. The average molecular weight is 407 g/mol. The smallest absolute Gasteiger partial charge is 0.341 e. The molecule has 0 bridgehead atoms. The van der Waals surface area contributed by atoms with E-state index in [9.17, 15) is 19.1 Å². The first-order valence-electron chi connectivity index (χ1n) is 9.23. The van der Waals surface area contributed by atoms with Crippen molar-refractivity contribution in [2.45, 2.75) is 13.5 Å². The summed E-state index contributed by atoms with van der Waals surface area (Å²) in [6, 6.07) is 14.7. The number of aryl methyl sites for hydroxylation is 1. The van der Waals surface area contributed by atoms with Gasteiger partial charge >= 0.3 is 11.9 Å². The monoisotopic (exact) mass is 407 g/mol. The molecule has 0 aliphatic heterocycles. The predicted molar refractivity (Wildman–Crippen MR) is 110 cm³/mol. The second-order valence-corrected chi connectivity index (χ2v) is 7.06. The second-order valence-electron chi connectivity index (χ2n) is 7.06. The minimum atomic E-state index is -1.13. The van der Waals surface area contributed by atoms with Gasteiger partial charge in [-0.3, -0.25) is 0 Å². The minimum absolute atomic E-state index is 0.0829. The van der Waals surface area contributed by atoms with Crippen molar-refractivity contribution in [3.63, 3.8) is 0 Å². The molecule has 2 N–H and O–H groups in total. The van der Waals surface area contributed by atoms with Crippen LogP contribution in [0.3, 0.4) is 0 Å². The van der Waals surface area contributed by atoms with E-state index in [-0.39, 0.29) is 11.4 Å². The lowest BCUT2D eigenvalue weighted by molar-refractivity contribution is -0.139. The van der Waals surface area contributed by atoms with Gasteiger partial charge in [0.15, 0.2) is 6.61 Å². The fraction of sp³-hybridized carbons (Fsp3) is 0.130. The summed E-state index contributed by atoms with van der Waals surface area (Å²) in [5, 5.41) is 19.8. The van der Waals surface area contributed by atoms with Gasteiger partial charge in [0, 0.05) is 11.9 Å². The van der Waals surface area contributed by atoms with Gasteiger partial charge in [-0.1, -0.05) is 18.2 Å². The topological polar surface area (TPSA) is 88.8 Å². The Morgan fingerprint density at radius 1 is 1.00 bits per heavy atom. The molecule has 0 radical (unpaired) electrons. The molecule has 0 saturated carbocycles. The van der Waals surface area contributed by atoms with Crippen molar-refractivity contribution in [2.75, 3.05) is 6.61 Å². The Morgan fingerprint density at radius 3 is 2.47 bits per heavy atom. The highest BCUT2D eigenvalue weighted by Gasteiger charge is 2.21. The lowest BCUT2D eigenvalue weighted by atomic mass is 10.0. The number of carbonyl (C=O) groups is 2. The summed E-state index contributed by atoms with van der Waals surface area (Å²) in [6.45, 7) is 1.60. The fourth-order valence-electron chi connectivity index (χ4n) is 3.78. The number of halogens is 1. The van der Waals surface area contributed by atoms with Crippen molar-refractivity contribution < 1.29 is 28.9 Å². The molecule has 0 fully saturated rings. The summed E-state index contributed by atoms with van der Waals surface area (Å²) in [5.41, 5.74) is 2.94. The Kier molecular flexibility index (Phi) is 4.87. The van der Waals surface area contributed by atoms with E-state index in [1.165, 1.54) is 18.2 Å². The van der Waals surface area contributed by atoms with E-state index < -0.39 is 18.5 Å². The van der Waals surface area contributed by atoms with Gasteiger partial charge in [-0.2, -0.15) is 0 Å². The van der Waals surface area contributed by atoms with E-state index in [1.54, 1.807) is 30.3 Å². The van der Waals surface area contributed by atoms with Crippen LogP contribution in [-0.2, 0) is 11.3 Å². The van der Waals surface area contributed by atoms with Crippen LogP contribution < -0.4 is 4.74 Å². The number of carboxylic acid groups (broad SMARTS) is 2. The minimum Gasteiger partial charge on any atom is -0.481 e. The number of benzene rings is 3. The first kappa shape index (κ1) is 19.4. The lowest BCUT2D eigenvalue weighted by Gasteiger charge is -2.10. The number of fused-ring (bicyclic) bond motifs is 3. The third-order valence-corrected chi connectivity index (χ3v) is 4.91. The summed E-state index contributed by atoms with van der Waals surface area (Å²) in [5.74, 6) is -2.30. The highest BCUT2D eigenvalue weighted by Crippen LogP contribution is 2.39. The average Bonchev–Trinajstić information content (AvgIpc) is 2.99. The Morgan fingerprint density at radius 2 is 1.77 bits per heavy atom. The van der Waals surface area contributed by atoms with Gasteiger partial charge in [-0.15, -0.1) is 0 Å². The number of hydrogen-bond donors (Lipinski definition) is 2. The molecule has 0 spiro atoms. The first-order chi connectivity index (χ1) is 14.3. The molecular formula is C23H18FNO5. The Hall–Kier alpha value is -3.87. The molecule has 4 aromatic rings. The van der Waals surface area contributed by atoms with Crippen LogP contribution in [-0.4, -0.2) is 33.3 Å². The van der Waals surface area contributed by atoms with Crippen molar-refractivity contribution in [1.82, 2.24) is 4.57 Å². The van der Waals surface area contributed by atoms with Gasteiger partial charge in [-0.05, 0) is 54.4 Å². The zero-order valence-electron chi connectivity index (χ0n) is 16.1. The molecule has 1 heterocycles. The van der Waals surface area contributed by atoms with Crippen LogP contribution in [0.4, 0.5) is 4.39 Å². The zero-order valence-corrected chi connectivity index (χ0v) is 16.1. The normalized spacial score (nSPS) is 11.1. The summed E-state index contributed by atoms with van der Waals surface area (Å²) >= 11 is 0. The van der Waals surface area contributed by atoms with Crippen molar-refractivity contribution in [3.8, 4) is 5.75 Å². The van der Waals surface area contributed by atoms with Crippen LogP contribution in [0.2, 0.25) is 0 Å². The van der Waals surface area contributed by atoms with Crippen LogP contribution in [0.1, 0.15) is 21.5 Å². The van der Waals surface area contributed by atoms with E-state index in [0.29, 0.717) is 39.7 Å². The molecule has 152 valence electrons. The lowest BCUT2D eigenvalue weighted by Crippen LogP contribution is -2.09. The number of aromatic nitrogens is 1. The summed E-state index contributed by atoms with van der Waals surface area (Å²) in [7, 11) is 0. The quantitative estimate of drug-likeness (QED) is 0.493. The van der Waals surface area contributed by atoms with E-state index in [4.69, 9.17) is 9.84 Å². The van der Waals surface area contributed by atoms with Gasteiger partial charge in [0.25, 0.3) is 0 Å². The molecule has 3 aromatic carbocycles. The van der Waals surface area contributed by atoms with Crippen LogP contribution in [0.5, 0.6) is 5.75 Å². The molecule has 0 unspecified atom stereocenters. The zero-order chi connectivity index (χ0) is 21.4. The maximum Gasteiger partial charge on any atom is 0.341 e. The number of ether oxygens (including phenoxy) is 1. The summed E-state index contributed by atoms with van der Waals surface area (Å²) in [6.07, 6.45) is 0. The molecular weight excluding hydrogens is 389 g/mol. The molecule has 0 aliphatic carbocycles. The van der Waals surface area contributed by atoms with Crippen molar-refractivity contribution in [3.05, 3.63) is 77.1 Å². The van der Waals surface area contributed by atoms with Crippen LogP contribution in [0.25, 0.3) is 21.8 Å². The van der Waals surface area contributed by atoms with E-state index in [2.05, 4.69) is 0 Å². The van der Waals surface area contributed by atoms with E-state index >= 15 is 0 Å². The number of aliphatic carboxylic acids is 1. The Labute approximate surface area is 170 Å². The third kappa shape index (κ3) is 3.45. The molecule has 30 heavy (non-hydrogen) atoms. The number of rotatable bonds is 6. The number of aromatic carboxylic acids is 1. The van der Waals surface area contributed by atoms with E-state index in [1.807, 2.05) is 17.6 Å². The molecule has 0 aliphatic rings. The maximum absolute atomic E-state index is 13.7. The van der Waals surface area contributed by atoms with Gasteiger partial charge < -0.3 is 19.5 Å². The van der Waals surface area contributed by atoms with Gasteiger partial charge in [0.1, 0.15) is 11.6 Å². The van der Waals surface area contributed by atoms with Gasteiger partial charge in [0.2, 0.25) is 0 Å². The van der Waals surface area contributed by atoms with Crippen LogP contribution in [0.15, 0.2) is 54.6 Å². The number of hydrogen-bond acceptors (Lipinski definition) is 3. The largest absolute Gasteiger partial charge is 0.481 e. The van der Waals surface area contributed by atoms with E-state index in [0.717, 1.165) is 5.56 Å². The molecule has 7 heteroatoms. The molecule has 1 aromatic heterocycles. The number of carboxylic acids is 2. The standard InChI is InChI=1S/C23H18FNO5/c1-13-8-18-22(19(9-13)30-12-20(26)27)21-16(23(28)29)6-3-7-17(21)25(18)11-14-4-2-5-15(24)10-14/h2-10H,11-12H2,1H3,(H,26,27)(H,28,29). The Bertz CT molecular complexity index is 1310. The predicted octanol–water partition coefficient (Wildman–Crippen LogP) is 4.45. The van der Waals surface area contributed by atoms with Crippen LogP contribution >= 0.6 is 0 Å². The summed E-state index contributed by atoms with van der Waals surface area (Å²) in [4.78, 5) is 23.0. The van der Waals surface area contributed by atoms with Gasteiger partial charge in [-0.25, -0.2) is 14.0 Å². The van der Waals surface area contributed by atoms with Crippen molar-refractivity contribution in [1.29, 1.82) is 0 Å². The number of nitrogens with zero attached hydrogens (tertiary/aromatic N) is 1. The summed E-state index contributed by atoms with van der Waals surface area (Å²) < 4.78 is 21.2.